The normalized spacial score (nSPS) is 20.5. The first kappa shape index (κ1) is 15.7. The number of nitrogens with zero attached hydrogens (tertiary/aromatic N) is 1. The van der Waals surface area contributed by atoms with Crippen LogP contribution in [0.4, 0.5) is 0 Å². The Kier molecular flexibility index (Phi) is 5.42. The third-order valence-corrected chi connectivity index (χ3v) is 4.30. The van der Waals surface area contributed by atoms with E-state index in [9.17, 15) is 4.79 Å². The van der Waals surface area contributed by atoms with Crippen molar-refractivity contribution in [3.05, 3.63) is 53.9 Å². The Balaban J connectivity index is 1.43. The fourth-order valence-corrected chi connectivity index (χ4v) is 3.02. The van der Waals surface area contributed by atoms with Gasteiger partial charge in [-0.3, -0.25) is 9.89 Å². The second-order valence-corrected chi connectivity index (χ2v) is 6.05. The van der Waals surface area contributed by atoms with Gasteiger partial charge < -0.3 is 10.1 Å². The second-order valence-electron chi connectivity index (χ2n) is 6.05. The lowest BCUT2D eigenvalue weighted by molar-refractivity contribution is -0.122. The molecule has 5 heteroatoms. The molecule has 1 aromatic carbocycles. The summed E-state index contributed by atoms with van der Waals surface area (Å²) >= 11 is 0. The summed E-state index contributed by atoms with van der Waals surface area (Å²) in [5.74, 6) is 0.0893. The Hall–Kier alpha value is -2.14. The summed E-state index contributed by atoms with van der Waals surface area (Å²) in [4.78, 5) is 12.1. The summed E-state index contributed by atoms with van der Waals surface area (Å²) in [5, 5.41) is 9.79. The Morgan fingerprint density at radius 2 is 2.13 bits per heavy atom. The summed E-state index contributed by atoms with van der Waals surface area (Å²) in [6.07, 6.45) is 8.02. The zero-order chi connectivity index (χ0) is 15.9. The topological polar surface area (TPSA) is 67.0 Å². The highest BCUT2D eigenvalue weighted by Gasteiger charge is 2.29. The molecule has 0 saturated heterocycles. The van der Waals surface area contributed by atoms with Gasteiger partial charge in [-0.25, -0.2) is 0 Å². The summed E-state index contributed by atoms with van der Waals surface area (Å²) in [6.45, 7) is 0.604. The van der Waals surface area contributed by atoms with E-state index in [4.69, 9.17) is 4.74 Å². The van der Waals surface area contributed by atoms with Crippen LogP contribution in [-0.4, -0.2) is 28.3 Å². The first-order chi connectivity index (χ1) is 11.3. The monoisotopic (exact) mass is 313 g/mol. The van der Waals surface area contributed by atoms with Gasteiger partial charge in [0.05, 0.1) is 24.9 Å². The molecule has 1 aromatic heterocycles. The number of carbonyl (C=O) groups is 1. The molecule has 0 bridgehead atoms. The van der Waals surface area contributed by atoms with E-state index in [0.717, 1.165) is 24.8 Å². The van der Waals surface area contributed by atoms with Gasteiger partial charge >= 0.3 is 0 Å². The molecule has 1 heterocycles. The van der Waals surface area contributed by atoms with Crippen LogP contribution < -0.4 is 5.32 Å². The van der Waals surface area contributed by atoms with Crippen molar-refractivity contribution in [1.29, 1.82) is 0 Å². The molecule has 5 nitrogen and oxygen atoms in total. The number of rotatable bonds is 7. The lowest BCUT2D eigenvalue weighted by atomic mass is 10.1. The van der Waals surface area contributed by atoms with E-state index in [1.54, 1.807) is 6.20 Å². The van der Waals surface area contributed by atoms with Gasteiger partial charge in [0.25, 0.3) is 0 Å². The van der Waals surface area contributed by atoms with Crippen LogP contribution in [0.5, 0.6) is 0 Å². The summed E-state index contributed by atoms with van der Waals surface area (Å²) in [7, 11) is 0. The molecule has 23 heavy (non-hydrogen) atoms. The Morgan fingerprint density at radius 3 is 2.91 bits per heavy atom. The molecule has 0 unspecified atom stereocenters. The maximum Gasteiger partial charge on any atom is 0.220 e. The van der Waals surface area contributed by atoms with Gasteiger partial charge in [0.15, 0.2) is 0 Å². The van der Waals surface area contributed by atoms with Gasteiger partial charge in [-0.1, -0.05) is 30.3 Å². The first-order valence-corrected chi connectivity index (χ1v) is 8.24. The molecule has 0 radical (unpaired) electrons. The number of carbonyl (C=O) groups excluding carboxylic acids is 1. The minimum Gasteiger partial charge on any atom is -0.371 e. The number of aromatic nitrogens is 2. The summed E-state index contributed by atoms with van der Waals surface area (Å²) in [6, 6.07) is 10.3. The van der Waals surface area contributed by atoms with Crippen LogP contribution in [-0.2, 0) is 22.6 Å². The van der Waals surface area contributed by atoms with Crippen LogP contribution in [0.1, 0.15) is 36.8 Å². The van der Waals surface area contributed by atoms with E-state index in [-0.39, 0.29) is 18.1 Å². The van der Waals surface area contributed by atoms with Crippen molar-refractivity contribution in [2.24, 2.45) is 0 Å². The van der Waals surface area contributed by atoms with Crippen molar-refractivity contribution < 1.29 is 9.53 Å². The molecule has 2 N–H and O–H groups in total. The Labute approximate surface area is 136 Å². The van der Waals surface area contributed by atoms with Gasteiger partial charge in [-0.15, -0.1) is 0 Å². The number of hydrogen-bond donors (Lipinski definition) is 2. The van der Waals surface area contributed by atoms with Crippen molar-refractivity contribution in [3.8, 4) is 0 Å². The number of nitrogens with one attached hydrogen (secondary N) is 2. The predicted octanol–water partition coefficient (Wildman–Crippen LogP) is 2.60. The van der Waals surface area contributed by atoms with Crippen LogP contribution in [0.2, 0.25) is 0 Å². The Bertz CT molecular complexity index is 598. The standard InChI is InChI=1S/C18H23N3O2/c22-18(10-9-15-11-19-20-12-15)21-16-7-4-8-17(16)23-13-14-5-2-1-3-6-14/h1-3,5-6,11-12,16-17H,4,7-10,13H2,(H,19,20)(H,21,22)/t16-,17-/m1/s1. The van der Waals surface area contributed by atoms with E-state index in [2.05, 4.69) is 27.6 Å². The lowest BCUT2D eigenvalue weighted by Gasteiger charge is -2.21. The highest BCUT2D eigenvalue weighted by atomic mass is 16.5. The third-order valence-electron chi connectivity index (χ3n) is 4.30. The first-order valence-electron chi connectivity index (χ1n) is 8.24. The molecule has 0 aliphatic heterocycles. The molecule has 2 aromatic rings. The highest BCUT2D eigenvalue weighted by molar-refractivity contribution is 5.76. The van der Waals surface area contributed by atoms with Crippen LogP contribution in [0.3, 0.4) is 0 Å². The largest absolute Gasteiger partial charge is 0.371 e. The zero-order valence-electron chi connectivity index (χ0n) is 13.2. The van der Waals surface area contributed by atoms with Crippen LogP contribution in [0.15, 0.2) is 42.7 Å². The fraction of sp³-hybridized carbons (Fsp3) is 0.444. The van der Waals surface area contributed by atoms with Gasteiger partial charge in [-0.2, -0.15) is 5.10 Å². The molecule has 1 amide bonds. The summed E-state index contributed by atoms with van der Waals surface area (Å²) in [5.41, 5.74) is 2.23. The number of aryl methyl sites for hydroxylation is 1. The number of amides is 1. The molecule has 122 valence electrons. The van der Waals surface area contributed by atoms with E-state index in [1.807, 2.05) is 24.4 Å². The van der Waals surface area contributed by atoms with E-state index >= 15 is 0 Å². The van der Waals surface area contributed by atoms with Crippen molar-refractivity contribution >= 4 is 5.91 Å². The van der Waals surface area contributed by atoms with Gasteiger partial charge in [0, 0.05) is 12.6 Å². The lowest BCUT2D eigenvalue weighted by Crippen LogP contribution is -2.41. The van der Waals surface area contributed by atoms with Crippen molar-refractivity contribution in [2.45, 2.75) is 50.9 Å². The number of ether oxygens (including phenoxy) is 1. The minimum atomic E-state index is 0.0893. The predicted molar refractivity (Wildman–Crippen MR) is 87.7 cm³/mol. The van der Waals surface area contributed by atoms with Crippen molar-refractivity contribution in [1.82, 2.24) is 15.5 Å². The average Bonchev–Trinajstić information content (AvgIpc) is 3.24. The van der Waals surface area contributed by atoms with E-state index in [0.29, 0.717) is 19.4 Å². The van der Waals surface area contributed by atoms with Crippen LogP contribution >= 0.6 is 0 Å². The molecule has 1 aliphatic carbocycles. The number of aromatic amines is 1. The summed E-state index contributed by atoms with van der Waals surface area (Å²) < 4.78 is 6.02. The zero-order valence-corrected chi connectivity index (χ0v) is 13.2. The molecule has 1 aliphatic rings. The fourth-order valence-electron chi connectivity index (χ4n) is 3.02. The molecular formula is C18H23N3O2. The number of hydrogen-bond acceptors (Lipinski definition) is 3. The molecule has 2 atom stereocenters. The maximum atomic E-state index is 12.1. The maximum absolute atomic E-state index is 12.1. The smallest absolute Gasteiger partial charge is 0.220 e. The minimum absolute atomic E-state index is 0.0893. The van der Waals surface area contributed by atoms with Crippen LogP contribution in [0, 0.1) is 0 Å². The van der Waals surface area contributed by atoms with Gasteiger partial charge in [0.1, 0.15) is 0 Å². The second kappa shape index (κ2) is 7.92. The average molecular weight is 313 g/mol. The van der Waals surface area contributed by atoms with Crippen LogP contribution in [0.25, 0.3) is 0 Å². The molecular weight excluding hydrogens is 290 g/mol. The quantitative estimate of drug-likeness (QED) is 0.825. The van der Waals surface area contributed by atoms with Gasteiger partial charge in [-0.05, 0) is 36.8 Å². The molecule has 3 rings (SSSR count). The van der Waals surface area contributed by atoms with Crippen molar-refractivity contribution in [3.63, 3.8) is 0 Å². The SMILES string of the molecule is O=C(CCc1cn[nH]c1)N[C@@H]1CCC[C@H]1OCc1ccccc1. The van der Waals surface area contributed by atoms with E-state index < -0.39 is 0 Å². The van der Waals surface area contributed by atoms with Gasteiger partial charge in [0.2, 0.25) is 5.91 Å². The number of benzene rings is 1. The molecule has 1 saturated carbocycles. The third kappa shape index (κ3) is 4.66. The van der Waals surface area contributed by atoms with Crippen molar-refractivity contribution in [2.75, 3.05) is 0 Å². The number of H-pyrrole nitrogens is 1. The highest BCUT2D eigenvalue weighted by Crippen LogP contribution is 2.23. The molecule has 1 fully saturated rings. The van der Waals surface area contributed by atoms with E-state index in [1.165, 1.54) is 5.56 Å². The molecule has 0 spiro atoms. The Morgan fingerprint density at radius 1 is 1.26 bits per heavy atom.